The van der Waals surface area contributed by atoms with E-state index in [-0.39, 0.29) is 25.1 Å². The first-order valence-electron chi connectivity index (χ1n) is 15.5. The molecule has 1 amide bonds. The molecule has 2 aliphatic rings. The summed E-state index contributed by atoms with van der Waals surface area (Å²) in [5.74, 6) is -5.81. The summed E-state index contributed by atoms with van der Waals surface area (Å²) in [7, 11) is 1.67. The van der Waals surface area contributed by atoms with E-state index in [4.69, 9.17) is 4.74 Å². The van der Waals surface area contributed by atoms with Gasteiger partial charge in [-0.3, -0.25) is 14.6 Å². The van der Waals surface area contributed by atoms with Gasteiger partial charge in [-0.25, -0.2) is 13.6 Å². The fourth-order valence-corrected chi connectivity index (χ4v) is 6.25. The Morgan fingerprint density at radius 1 is 1.10 bits per heavy atom. The van der Waals surface area contributed by atoms with Crippen molar-refractivity contribution in [2.45, 2.75) is 38.0 Å². The van der Waals surface area contributed by atoms with Crippen molar-refractivity contribution in [2.75, 3.05) is 42.6 Å². The van der Waals surface area contributed by atoms with E-state index in [2.05, 4.69) is 15.2 Å². The number of aliphatic carboxylic acids is 1. The molecule has 2 N–H and O–H groups in total. The number of aryl methyl sites for hydroxylation is 1. The number of anilines is 2. The van der Waals surface area contributed by atoms with Gasteiger partial charge in [0.15, 0.2) is 0 Å². The maximum absolute atomic E-state index is 15.2. The normalized spacial score (nSPS) is 17.2. The van der Waals surface area contributed by atoms with E-state index in [9.17, 15) is 32.7 Å². The molecule has 4 heterocycles. The van der Waals surface area contributed by atoms with Crippen LogP contribution in [0.2, 0.25) is 0 Å². The minimum absolute atomic E-state index is 0.106. The number of amides is 1. The Labute approximate surface area is 276 Å². The summed E-state index contributed by atoms with van der Waals surface area (Å²) in [4.78, 5) is 46.4. The number of aromatic nitrogens is 2. The van der Waals surface area contributed by atoms with Crippen molar-refractivity contribution in [3.05, 3.63) is 87.5 Å². The van der Waals surface area contributed by atoms with Crippen LogP contribution < -0.4 is 20.7 Å². The number of carboxylic acids is 1. The highest BCUT2D eigenvalue weighted by atomic mass is 19.4. The number of carbonyl (C=O) groups excluding carboxylic acids is 1. The third-order valence-corrected chi connectivity index (χ3v) is 9.09. The molecule has 10 nitrogen and oxygen atoms in total. The van der Waals surface area contributed by atoms with Crippen LogP contribution in [0.3, 0.4) is 0 Å². The number of pyridine rings is 2. The van der Waals surface area contributed by atoms with Crippen LogP contribution in [-0.2, 0) is 23.0 Å². The topological polar surface area (TPSA) is 117 Å². The molecule has 0 radical (unpaired) electrons. The molecule has 2 aliphatic heterocycles. The molecule has 4 aromatic rings. The molecule has 49 heavy (non-hydrogen) atoms. The molecule has 0 bridgehead atoms. The number of nitrogens with one attached hydrogen (secondary N) is 1. The fourth-order valence-electron chi connectivity index (χ4n) is 6.25. The number of alkyl halides is 3. The first kappa shape index (κ1) is 33.8. The zero-order valence-corrected chi connectivity index (χ0v) is 26.5. The van der Waals surface area contributed by atoms with Gasteiger partial charge in [-0.15, -0.1) is 0 Å². The molecule has 15 heteroatoms. The van der Waals surface area contributed by atoms with Crippen molar-refractivity contribution in [2.24, 2.45) is 7.05 Å². The average molecular weight is 686 g/mol. The number of hydrogen-bond donors (Lipinski definition) is 2. The molecule has 6 rings (SSSR count). The lowest BCUT2D eigenvalue weighted by atomic mass is 9.94. The van der Waals surface area contributed by atoms with Crippen molar-refractivity contribution in [1.29, 1.82) is 0 Å². The number of nitrogens with zero attached hydrogens (tertiary/aromatic N) is 4. The lowest BCUT2D eigenvalue weighted by Crippen LogP contribution is -2.53. The number of carboxylic acid groups (broad SMARTS) is 1. The highest BCUT2D eigenvalue weighted by Crippen LogP contribution is 2.37. The number of benzene rings is 2. The second-order valence-electron chi connectivity index (χ2n) is 12.1. The summed E-state index contributed by atoms with van der Waals surface area (Å²) in [5.41, 5.74) is 1.57. The third kappa shape index (κ3) is 6.42. The molecule has 1 unspecified atom stereocenters. The SMILES string of the molecule is Cc1cc(N2CCC2)c(-c2ccc(CC(NC(=O)c3c(F)cc(N4CCOC[C@@H]4C(F)(F)F)cc3F)C(=O)O)c3cccnc23)c(=O)n1C. The van der Waals surface area contributed by atoms with Crippen LogP contribution in [0.1, 0.15) is 28.0 Å². The zero-order chi connectivity index (χ0) is 35.2. The lowest BCUT2D eigenvalue weighted by Gasteiger charge is -2.38. The molecule has 2 saturated heterocycles. The molecule has 258 valence electrons. The van der Waals surface area contributed by atoms with Crippen LogP contribution in [0.25, 0.3) is 22.0 Å². The Morgan fingerprint density at radius 3 is 2.45 bits per heavy atom. The van der Waals surface area contributed by atoms with Gasteiger partial charge in [0.1, 0.15) is 29.3 Å². The van der Waals surface area contributed by atoms with Gasteiger partial charge in [0.2, 0.25) is 0 Å². The molecule has 0 aliphatic carbocycles. The van der Waals surface area contributed by atoms with E-state index >= 15 is 8.78 Å². The summed E-state index contributed by atoms with van der Waals surface area (Å²) in [5, 5.41) is 12.7. The van der Waals surface area contributed by atoms with Crippen LogP contribution in [0.15, 0.2) is 53.5 Å². The molecule has 2 aromatic heterocycles. The Balaban J connectivity index is 1.31. The average Bonchev–Trinajstić information content (AvgIpc) is 3.02. The summed E-state index contributed by atoms with van der Waals surface area (Å²) in [6, 6.07) is 5.96. The van der Waals surface area contributed by atoms with Gasteiger partial charge < -0.3 is 29.5 Å². The number of hydrogen-bond acceptors (Lipinski definition) is 7. The van der Waals surface area contributed by atoms with Gasteiger partial charge in [-0.1, -0.05) is 18.2 Å². The van der Waals surface area contributed by atoms with Crippen LogP contribution in [0.4, 0.5) is 33.3 Å². The minimum Gasteiger partial charge on any atom is -0.480 e. The van der Waals surface area contributed by atoms with Crippen molar-refractivity contribution < 1.29 is 41.4 Å². The molecular formula is C34H32F5N5O5. The van der Waals surface area contributed by atoms with Crippen LogP contribution in [-0.4, -0.2) is 77.6 Å². The van der Waals surface area contributed by atoms with E-state index in [0.717, 1.165) is 35.8 Å². The van der Waals surface area contributed by atoms with Gasteiger partial charge in [0.05, 0.1) is 30.0 Å². The Hall–Kier alpha value is -5.05. The Kier molecular flexibility index (Phi) is 9.05. The second kappa shape index (κ2) is 13.1. The van der Waals surface area contributed by atoms with Crippen molar-refractivity contribution in [1.82, 2.24) is 14.9 Å². The highest BCUT2D eigenvalue weighted by molar-refractivity contribution is 6.00. The summed E-state index contributed by atoms with van der Waals surface area (Å²) in [6.07, 6.45) is -2.55. The first-order chi connectivity index (χ1) is 23.3. The standard InChI is InChI=1S/C34H32F5N5O5/c1-18-13-26(43-9-4-10-43)28(32(46)42(18)2)22-7-6-19(21-5-3-8-40-30(21)22)14-25(33(47)48)41-31(45)29-23(35)15-20(16-24(29)36)44-11-12-49-17-27(44)34(37,38)39/h3,5-8,13,15-16,25,27H,4,9-12,14,17H2,1-2H3,(H,41,45)(H,47,48)/t25?,27-/m1/s1. The van der Waals surface area contributed by atoms with Gasteiger partial charge in [0, 0.05) is 61.6 Å². The summed E-state index contributed by atoms with van der Waals surface area (Å²) < 4.78 is 77.5. The lowest BCUT2D eigenvalue weighted by molar-refractivity contribution is -0.167. The highest BCUT2D eigenvalue weighted by Gasteiger charge is 2.46. The number of rotatable bonds is 8. The second-order valence-corrected chi connectivity index (χ2v) is 12.1. The van der Waals surface area contributed by atoms with Gasteiger partial charge in [-0.2, -0.15) is 13.2 Å². The fraction of sp³-hybridized carbons (Fsp3) is 0.353. The van der Waals surface area contributed by atoms with Crippen LogP contribution in [0.5, 0.6) is 0 Å². The van der Waals surface area contributed by atoms with Gasteiger partial charge in [0.25, 0.3) is 11.5 Å². The van der Waals surface area contributed by atoms with Gasteiger partial charge >= 0.3 is 12.1 Å². The molecule has 2 atom stereocenters. The number of fused-ring (bicyclic) bond motifs is 1. The maximum Gasteiger partial charge on any atom is 0.411 e. The number of ether oxygens (including phenoxy) is 1. The van der Waals surface area contributed by atoms with E-state index in [1.54, 1.807) is 31.3 Å². The van der Waals surface area contributed by atoms with E-state index in [1.807, 2.05) is 13.0 Å². The van der Waals surface area contributed by atoms with Crippen LogP contribution >= 0.6 is 0 Å². The number of carbonyl (C=O) groups is 2. The van der Waals surface area contributed by atoms with Crippen LogP contribution in [0, 0.1) is 18.6 Å². The minimum atomic E-state index is -4.75. The summed E-state index contributed by atoms with van der Waals surface area (Å²) in [6.45, 7) is 2.28. The van der Waals surface area contributed by atoms with E-state index < -0.39 is 59.6 Å². The van der Waals surface area contributed by atoms with Crippen molar-refractivity contribution in [3.63, 3.8) is 0 Å². The maximum atomic E-state index is 15.2. The molecule has 2 fully saturated rings. The predicted molar refractivity (Wildman–Crippen MR) is 171 cm³/mol. The van der Waals surface area contributed by atoms with Crippen molar-refractivity contribution >= 4 is 34.2 Å². The monoisotopic (exact) mass is 685 g/mol. The molecule has 0 saturated carbocycles. The third-order valence-electron chi connectivity index (χ3n) is 9.09. The molecular weight excluding hydrogens is 653 g/mol. The van der Waals surface area contributed by atoms with Crippen molar-refractivity contribution in [3.8, 4) is 11.1 Å². The van der Waals surface area contributed by atoms with E-state index in [1.165, 1.54) is 10.8 Å². The Bertz CT molecular complexity index is 1990. The molecule has 0 spiro atoms. The zero-order valence-electron chi connectivity index (χ0n) is 26.5. The first-order valence-corrected chi connectivity index (χ1v) is 15.5. The Morgan fingerprint density at radius 2 is 1.82 bits per heavy atom. The smallest absolute Gasteiger partial charge is 0.411 e. The number of halogens is 5. The molecule has 2 aromatic carbocycles. The largest absolute Gasteiger partial charge is 0.480 e. The predicted octanol–water partition coefficient (Wildman–Crippen LogP) is 4.59. The summed E-state index contributed by atoms with van der Waals surface area (Å²) >= 11 is 0. The number of morpholine rings is 1. The quantitative estimate of drug-likeness (QED) is 0.259. The van der Waals surface area contributed by atoms with Gasteiger partial charge in [-0.05, 0) is 43.2 Å². The van der Waals surface area contributed by atoms with E-state index in [0.29, 0.717) is 39.7 Å².